The molecule has 1 unspecified atom stereocenters. The molecule has 0 N–H and O–H groups in total. The van der Waals surface area contributed by atoms with Crippen molar-refractivity contribution in [2.45, 2.75) is 45.1 Å². The first-order valence-electron chi connectivity index (χ1n) is 5.44. The third-order valence-corrected chi connectivity index (χ3v) is 5.16. The number of sulfonamides is 1. The fourth-order valence-electron chi connectivity index (χ4n) is 2.90. The Bertz CT molecular complexity index is 319. The molecule has 0 aromatic carbocycles. The maximum atomic E-state index is 11.6. The summed E-state index contributed by atoms with van der Waals surface area (Å²) in [5, 5.41) is 0. The predicted octanol–water partition coefficient (Wildman–Crippen LogP) is 1.60. The maximum absolute atomic E-state index is 11.6. The topological polar surface area (TPSA) is 37.4 Å². The minimum atomic E-state index is -2.98. The van der Waals surface area contributed by atoms with Gasteiger partial charge in [-0.05, 0) is 31.1 Å². The van der Waals surface area contributed by atoms with Crippen LogP contribution in [0.4, 0.5) is 0 Å². The fraction of sp³-hybridized carbons (Fsp3) is 1.00. The Morgan fingerprint density at radius 2 is 2.07 bits per heavy atom. The quantitative estimate of drug-likeness (QED) is 0.704. The molecular weight excluding hydrogens is 198 g/mol. The van der Waals surface area contributed by atoms with E-state index >= 15 is 0 Å². The van der Waals surface area contributed by atoms with Crippen LogP contribution in [0.5, 0.6) is 0 Å². The molecule has 1 saturated heterocycles. The SMILES string of the molecule is CCC1CC2(CCC2)CN1S(C)(=O)=O. The van der Waals surface area contributed by atoms with Crippen molar-refractivity contribution >= 4 is 10.0 Å². The molecule has 0 bridgehead atoms. The first-order chi connectivity index (χ1) is 6.47. The Morgan fingerprint density at radius 3 is 2.36 bits per heavy atom. The van der Waals surface area contributed by atoms with Crippen molar-refractivity contribution < 1.29 is 8.42 Å². The van der Waals surface area contributed by atoms with E-state index in [0.29, 0.717) is 5.41 Å². The van der Waals surface area contributed by atoms with E-state index in [1.807, 2.05) is 0 Å². The van der Waals surface area contributed by atoms with Gasteiger partial charge in [-0.25, -0.2) is 8.42 Å². The van der Waals surface area contributed by atoms with E-state index in [-0.39, 0.29) is 6.04 Å². The molecule has 2 fully saturated rings. The van der Waals surface area contributed by atoms with E-state index in [4.69, 9.17) is 0 Å². The van der Waals surface area contributed by atoms with Crippen LogP contribution in [0, 0.1) is 5.41 Å². The van der Waals surface area contributed by atoms with E-state index < -0.39 is 10.0 Å². The van der Waals surface area contributed by atoms with E-state index in [0.717, 1.165) is 19.4 Å². The molecule has 0 amide bonds. The number of hydrogen-bond acceptors (Lipinski definition) is 2. The molecule has 1 aliphatic carbocycles. The summed E-state index contributed by atoms with van der Waals surface area (Å²) < 4.78 is 24.8. The van der Waals surface area contributed by atoms with Gasteiger partial charge in [-0.15, -0.1) is 0 Å². The minimum absolute atomic E-state index is 0.269. The Hall–Kier alpha value is -0.0900. The zero-order valence-corrected chi connectivity index (χ0v) is 9.81. The van der Waals surface area contributed by atoms with E-state index in [2.05, 4.69) is 6.92 Å². The van der Waals surface area contributed by atoms with Gasteiger partial charge >= 0.3 is 0 Å². The molecule has 14 heavy (non-hydrogen) atoms. The lowest BCUT2D eigenvalue weighted by Crippen LogP contribution is -2.37. The smallest absolute Gasteiger partial charge is 0.211 e. The molecular formula is C10H19NO2S. The predicted molar refractivity (Wildman–Crippen MR) is 56.5 cm³/mol. The summed E-state index contributed by atoms with van der Waals surface area (Å²) in [6, 6.07) is 0.269. The van der Waals surface area contributed by atoms with Gasteiger partial charge in [-0.3, -0.25) is 0 Å². The van der Waals surface area contributed by atoms with Gasteiger partial charge in [-0.2, -0.15) is 4.31 Å². The van der Waals surface area contributed by atoms with Crippen LogP contribution in [0.15, 0.2) is 0 Å². The number of rotatable bonds is 2. The molecule has 4 heteroatoms. The largest absolute Gasteiger partial charge is 0.212 e. The fourth-order valence-corrected chi connectivity index (χ4v) is 4.17. The van der Waals surface area contributed by atoms with E-state index in [1.54, 1.807) is 4.31 Å². The minimum Gasteiger partial charge on any atom is -0.212 e. The zero-order chi connectivity index (χ0) is 10.4. The third-order valence-electron chi connectivity index (χ3n) is 3.88. The lowest BCUT2D eigenvalue weighted by Gasteiger charge is -2.37. The second kappa shape index (κ2) is 3.20. The van der Waals surface area contributed by atoms with Gasteiger partial charge in [-0.1, -0.05) is 13.3 Å². The molecule has 0 aromatic heterocycles. The van der Waals surface area contributed by atoms with E-state index in [9.17, 15) is 8.42 Å². The number of nitrogens with zero attached hydrogens (tertiary/aromatic N) is 1. The summed E-state index contributed by atoms with van der Waals surface area (Å²) >= 11 is 0. The Balaban J connectivity index is 2.18. The standard InChI is InChI=1S/C10H19NO2S/c1-3-9-7-10(5-4-6-10)8-11(9)14(2,12)13/h9H,3-8H2,1-2H3. The molecule has 3 nitrogen and oxygen atoms in total. The van der Waals surface area contributed by atoms with Crippen molar-refractivity contribution in [3.8, 4) is 0 Å². The summed E-state index contributed by atoms with van der Waals surface area (Å²) in [7, 11) is -2.98. The van der Waals surface area contributed by atoms with Crippen LogP contribution < -0.4 is 0 Å². The highest BCUT2D eigenvalue weighted by Gasteiger charge is 2.49. The van der Waals surface area contributed by atoms with Crippen LogP contribution in [0.2, 0.25) is 0 Å². The first kappa shape index (κ1) is 10.4. The van der Waals surface area contributed by atoms with Crippen LogP contribution >= 0.6 is 0 Å². The molecule has 1 heterocycles. The molecule has 1 saturated carbocycles. The van der Waals surface area contributed by atoms with Crippen molar-refractivity contribution in [2.75, 3.05) is 12.8 Å². The van der Waals surface area contributed by atoms with Crippen molar-refractivity contribution in [3.63, 3.8) is 0 Å². The highest BCUT2D eigenvalue weighted by atomic mass is 32.2. The van der Waals surface area contributed by atoms with Gasteiger partial charge in [0.15, 0.2) is 0 Å². The molecule has 0 radical (unpaired) electrons. The summed E-state index contributed by atoms with van der Waals surface area (Å²) in [4.78, 5) is 0. The first-order valence-corrected chi connectivity index (χ1v) is 7.28. The summed E-state index contributed by atoms with van der Waals surface area (Å²) in [6.07, 6.45) is 7.14. The second-order valence-corrected chi connectivity index (χ2v) is 6.86. The van der Waals surface area contributed by atoms with Gasteiger partial charge in [0.1, 0.15) is 0 Å². The zero-order valence-electron chi connectivity index (χ0n) is 8.99. The molecule has 2 aliphatic rings. The van der Waals surface area contributed by atoms with Gasteiger partial charge in [0, 0.05) is 12.6 Å². The summed E-state index contributed by atoms with van der Waals surface area (Å²) in [5.41, 5.74) is 0.365. The molecule has 82 valence electrons. The monoisotopic (exact) mass is 217 g/mol. The molecule has 1 aliphatic heterocycles. The maximum Gasteiger partial charge on any atom is 0.211 e. The summed E-state index contributed by atoms with van der Waals surface area (Å²) in [5.74, 6) is 0. The van der Waals surface area contributed by atoms with Gasteiger partial charge < -0.3 is 0 Å². The molecule has 0 aromatic rings. The van der Waals surface area contributed by atoms with Gasteiger partial charge in [0.05, 0.1) is 6.26 Å². The van der Waals surface area contributed by atoms with Crippen LogP contribution in [-0.4, -0.2) is 31.6 Å². The van der Waals surface area contributed by atoms with Crippen molar-refractivity contribution in [1.82, 2.24) is 4.31 Å². The highest BCUT2D eigenvalue weighted by molar-refractivity contribution is 7.88. The van der Waals surface area contributed by atoms with Crippen LogP contribution in [0.1, 0.15) is 39.0 Å². The van der Waals surface area contributed by atoms with Crippen LogP contribution in [-0.2, 0) is 10.0 Å². The molecule has 1 spiro atoms. The highest BCUT2D eigenvalue weighted by Crippen LogP contribution is 2.51. The lowest BCUT2D eigenvalue weighted by molar-refractivity contribution is 0.152. The van der Waals surface area contributed by atoms with Crippen molar-refractivity contribution in [3.05, 3.63) is 0 Å². The normalized spacial score (nSPS) is 32.0. The van der Waals surface area contributed by atoms with Crippen LogP contribution in [0.3, 0.4) is 0 Å². The Kier molecular flexibility index (Phi) is 2.39. The van der Waals surface area contributed by atoms with Crippen molar-refractivity contribution in [1.29, 1.82) is 0 Å². The van der Waals surface area contributed by atoms with E-state index in [1.165, 1.54) is 25.5 Å². The second-order valence-electron chi connectivity index (χ2n) is 4.93. The average Bonchev–Trinajstić information content (AvgIpc) is 2.41. The molecule has 2 rings (SSSR count). The van der Waals surface area contributed by atoms with Crippen LogP contribution in [0.25, 0.3) is 0 Å². The average molecular weight is 217 g/mol. The number of hydrogen-bond donors (Lipinski definition) is 0. The van der Waals surface area contributed by atoms with Gasteiger partial charge in [0.25, 0.3) is 0 Å². The Morgan fingerprint density at radius 1 is 1.43 bits per heavy atom. The lowest BCUT2D eigenvalue weighted by atomic mass is 9.67. The molecule has 1 atom stereocenters. The van der Waals surface area contributed by atoms with Gasteiger partial charge in [0.2, 0.25) is 10.0 Å². The van der Waals surface area contributed by atoms with Crippen molar-refractivity contribution in [2.24, 2.45) is 5.41 Å². The Labute approximate surface area is 86.5 Å². The third kappa shape index (κ3) is 1.58. The summed E-state index contributed by atoms with van der Waals surface area (Å²) in [6.45, 7) is 2.87.